The standard InChI is InChI=1S/C23H27F5N6O3/c24-22(25)9-10-33(13-22)16-7-5-14(6-8-16)11-17-19(34(35)36)20(29)32-21(31-17)30-12-15-3-1-2-4-18(15)37-23(26,27)28/h1-4,14,16H,5-13H2,(H3,29,30,31,32)/t14-,16-. The summed E-state index contributed by atoms with van der Waals surface area (Å²) in [4.78, 5) is 21.0. The van der Waals surface area contributed by atoms with Gasteiger partial charge in [-0.25, -0.2) is 13.8 Å². The van der Waals surface area contributed by atoms with E-state index in [1.165, 1.54) is 24.3 Å². The number of nitro groups is 1. The molecule has 37 heavy (non-hydrogen) atoms. The van der Waals surface area contributed by atoms with Gasteiger partial charge in [0.2, 0.25) is 11.8 Å². The number of hydrogen-bond acceptors (Lipinski definition) is 8. The number of likely N-dealkylation sites (tertiary alicyclic amines) is 1. The van der Waals surface area contributed by atoms with Crippen LogP contribution in [0, 0.1) is 16.0 Å². The Balaban J connectivity index is 1.44. The van der Waals surface area contributed by atoms with Crippen LogP contribution in [0.25, 0.3) is 0 Å². The molecule has 1 aliphatic carbocycles. The summed E-state index contributed by atoms with van der Waals surface area (Å²) in [5.74, 6) is -3.43. The summed E-state index contributed by atoms with van der Waals surface area (Å²) in [6.07, 6.45) is -1.97. The molecule has 0 spiro atoms. The summed E-state index contributed by atoms with van der Waals surface area (Å²) in [6, 6.07) is 5.59. The number of nitrogen functional groups attached to an aromatic ring is 1. The first-order valence-corrected chi connectivity index (χ1v) is 11.9. The summed E-state index contributed by atoms with van der Waals surface area (Å²) < 4.78 is 69.3. The van der Waals surface area contributed by atoms with E-state index in [1.807, 2.05) is 4.90 Å². The molecule has 202 valence electrons. The topological polar surface area (TPSA) is 119 Å². The van der Waals surface area contributed by atoms with Crippen LogP contribution in [0.2, 0.25) is 0 Å². The van der Waals surface area contributed by atoms with Gasteiger partial charge in [0.15, 0.2) is 0 Å². The van der Waals surface area contributed by atoms with Gasteiger partial charge < -0.3 is 15.8 Å². The highest BCUT2D eigenvalue weighted by Gasteiger charge is 2.41. The highest BCUT2D eigenvalue weighted by molar-refractivity contribution is 5.58. The largest absolute Gasteiger partial charge is 0.573 e. The van der Waals surface area contributed by atoms with Crippen LogP contribution in [0.1, 0.15) is 43.4 Å². The Bertz CT molecular complexity index is 1120. The molecule has 14 heteroatoms. The smallest absolute Gasteiger partial charge is 0.405 e. The summed E-state index contributed by atoms with van der Waals surface area (Å²) in [5, 5.41) is 14.4. The summed E-state index contributed by atoms with van der Waals surface area (Å²) in [7, 11) is 0. The minimum atomic E-state index is -4.87. The number of rotatable bonds is 8. The van der Waals surface area contributed by atoms with Crippen molar-refractivity contribution in [2.45, 2.75) is 63.4 Å². The molecule has 0 radical (unpaired) electrons. The molecule has 1 aromatic carbocycles. The van der Waals surface area contributed by atoms with Gasteiger partial charge >= 0.3 is 12.0 Å². The molecule has 2 aromatic rings. The molecule has 0 amide bonds. The molecule has 9 nitrogen and oxygen atoms in total. The van der Waals surface area contributed by atoms with Gasteiger partial charge in [0.1, 0.15) is 11.4 Å². The number of halogens is 5. The molecule has 0 bridgehead atoms. The van der Waals surface area contributed by atoms with Gasteiger partial charge in [-0.3, -0.25) is 15.0 Å². The number of anilines is 2. The van der Waals surface area contributed by atoms with E-state index < -0.39 is 28.6 Å². The van der Waals surface area contributed by atoms with Gasteiger partial charge in [-0.2, -0.15) is 4.98 Å². The van der Waals surface area contributed by atoms with Gasteiger partial charge in [-0.1, -0.05) is 18.2 Å². The minimum absolute atomic E-state index is 0.0427. The number of nitrogens with zero attached hydrogens (tertiary/aromatic N) is 4. The Kier molecular flexibility index (Phi) is 7.67. The van der Waals surface area contributed by atoms with Crippen molar-refractivity contribution in [1.29, 1.82) is 0 Å². The van der Waals surface area contributed by atoms with Gasteiger partial charge in [0, 0.05) is 31.1 Å². The number of para-hydroxylation sites is 1. The first-order chi connectivity index (χ1) is 17.4. The SMILES string of the molecule is Nc1nc(NCc2ccccc2OC(F)(F)F)nc(C[C@H]2CC[C@H](N3CCC(F)(F)C3)CC2)c1[N+](=O)[O-]. The van der Waals surface area contributed by atoms with E-state index in [0.717, 1.165) is 0 Å². The fourth-order valence-corrected chi connectivity index (χ4v) is 5.05. The van der Waals surface area contributed by atoms with E-state index in [2.05, 4.69) is 20.0 Å². The van der Waals surface area contributed by atoms with Gasteiger partial charge in [0.05, 0.1) is 11.5 Å². The van der Waals surface area contributed by atoms with Crippen LogP contribution in [0.15, 0.2) is 24.3 Å². The van der Waals surface area contributed by atoms with Gasteiger partial charge in [-0.05, 0) is 44.1 Å². The maximum absolute atomic E-state index is 13.6. The molecule has 4 rings (SSSR count). The second-order valence-electron chi connectivity index (χ2n) is 9.45. The van der Waals surface area contributed by atoms with E-state index >= 15 is 0 Å². The third kappa shape index (κ3) is 6.93. The van der Waals surface area contributed by atoms with E-state index in [9.17, 15) is 32.1 Å². The first-order valence-electron chi connectivity index (χ1n) is 11.9. The molecular weight excluding hydrogens is 503 g/mol. The normalized spacial score (nSPS) is 22.1. The van der Waals surface area contributed by atoms with Crippen molar-refractivity contribution in [3.8, 4) is 5.75 Å². The monoisotopic (exact) mass is 530 g/mol. The third-order valence-corrected chi connectivity index (χ3v) is 6.81. The zero-order valence-corrected chi connectivity index (χ0v) is 19.8. The average molecular weight is 530 g/mol. The molecule has 0 atom stereocenters. The second-order valence-corrected chi connectivity index (χ2v) is 9.45. The second kappa shape index (κ2) is 10.6. The lowest BCUT2D eigenvalue weighted by atomic mass is 9.82. The van der Waals surface area contributed by atoms with Crippen LogP contribution in [-0.2, 0) is 13.0 Å². The van der Waals surface area contributed by atoms with Crippen LogP contribution in [0.4, 0.5) is 39.4 Å². The van der Waals surface area contributed by atoms with Crippen molar-refractivity contribution in [3.63, 3.8) is 0 Å². The lowest BCUT2D eigenvalue weighted by molar-refractivity contribution is -0.385. The molecule has 0 unspecified atom stereocenters. The lowest BCUT2D eigenvalue weighted by Crippen LogP contribution is -2.38. The van der Waals surface area contributed by atoms with Crippen molar-refractivity contribution in [2.24, 2.45) is 5.92 Å². The Morgan fingerprint density at radius 3 is 2.51 bits per heavy atom. The van der Waals surface area contributed by atoms with Crippen LogP contribution in [-0.4, -0.2) is 51.2 Å². The molecular formula is C23H27F5N6O3. The lowest BCUT2D eigenvalue weighted by Gasteiger charge is -2.34. The number of ether oxygens (including phenoxy) is 1. The predicted molar refractivity (Wildman–Crippen MR) is 124 cm³/mol. The average Bonchev–Trinajstić information content (AvgIpc) is 3.17. The molecule has 1 aromatic heterocycles. The summed E-state index contributed by atoms with van der Waals surface area (Å²) in [5.41, 5.74) is 5.74. The van der Waals surface area contributed by atoms with E-state index in [0.29, 0.717) is 32.2 Å². The van der Waals surface area contributed by atoms with Gasteiger partial charge in [0.25, 0.3) is 5.92 Å². The van der Waals surface area contributed by atoms with Crippen LogP contribution in [0.3, 0.4) is 0 Å². The van der Waals surface area contributed by atoms with Crippen molar-refractivity contribution in [2.75, 3.05) is 24.1 Å². The van der Waals surface area contributed by atoms with Crippen LogP contribution >= 0.6 is 0 Å². The fraction of sp³-hybridized carbons (Fsp3) is 0.565. The Morgan fingerprint density at radius 1 is 1.19 bits per heavy atom. The molecule has 1 saturated carbocycles. The minimum Gasteiger partial charge on any atom is -0.405 e. The number of aromatic nitrogens is 2. The van der Waals surface area contributed by atoms with E-state index in [-0.39, 0.29) is 60.9 Å². The highest BCUT2D eigenvalue weighted by Crippen LogP contribution is 2.37. The summed E-state index contributed by atoms with van der Waals surface area (Å²) >= 11 is 0. The van der Waals surface area contributed by atoms with Crippen molar-refractivity contribution in [3.05, 3.63) is 45.6 Å². The molecule has 2 aliphatic rings. The Labute approximate surface area is 209 Å². The number of nitrogens with one attached hydrogen (secondary N) is 1. The highest BCUT2D eigenvalue weighted by atomic mass is 19.4. The van der Waals surface area contributed by atoms with Gasteiger partial charge in [-0.15, -0.1) is 13.2 Å². The number of nitrogens with two attached hydrogens (primary N) is 1. The maximum atomic E-state index is 13.6. The maximum Gasteiger partial charge on any atom is 0.573 e. The van der Waals surface area contributed by atoms with E-state index in [1.54, 1.807) is 0 Å². The Morgan fingerprint density at radius 2 is 1.89 bits per heavy atom. The third-order valence-electron chi connectivity index (χ3n) is 6.81. The van der Waals surface area contributed by atoms with Crippen LogP contribution < -0.4 is 15.8 Å². The first kappa shape index (κ1) is 26.8. The number of benzene rings is 1. The summed E-state index contributed by atoms with van der Waals surface area (Å²) in [6.45, 7) is -0.0145. The predicted octanol–water partition coefficient (Wildman–Crippen LogP) is 4.92. The molecule has 2 heterocycles. The fourth-order valence-electron chi connectivity index (χ4n) is 5.05. The molecule has 1 saturated heterocycles. The zero-order valence-electron chi connectivity index (χ0n) is 19.8. The van der Waals surface area contributed by atoms with Crippen molar-refractivity contribution in [1.82, 2.24) is 14.9 Å². The van der Waals surface area contributed by atoms with Crippen LogP contribution in [0.5, 0.6) is 5.75 Å². The molecule has 3 N–H and O–H groups in total. The Hall–Kier alpha value is -3.29. The zero-order chi connectivity index (χ0) is 26.8. The van der Waals surface area contributed by atoms with E-state index in [4.69, 9.17) is 5.73 Å². The quantitative estimate of drug-likeness (QED) is 0.280. The molecule has 2 fully saturated rings. The number of hydrogen-bond donors (Lipinski definition) is 2. The van der Waals surface area contributed by atoms with Crippen molar-refractivity contribution < 1.29 is 31.6 Å². The number of alkyl halides is 5. The molecule has 1 aliphatic heterocycles. The van der Waals surface area contributed by atoms with Crippen molar-refractivity contribution >= 4 is 17.5 Å².